The number of rotatable bonds is 3. The maximum Gasteiger partial charge on any atom is 0.280 e. The Morgan fingerprint density at radius 2 is 2.04 bits per heavy atom. The molecule has 4 heterocycles. The van der Waals surface area contributed by atoms with Crippen molar-refractivity contribution in [1.29, 1.82) is 0 Å². The van der Waals surface area contributed by atoms with Crippen molar-refractivity contribution in [3.8, 4) is 0 Å². The van der Waals surface area contributed by atoms with Gasteiger partial charge in [-0.2, -0.15) is 5.10 Å². The van der Waals surface area contributed by atoms with E-state index in [1.807, 2.05) is 0 Å². The van der Waals surface area contributed by atoms with E-state index in [-0.39, 0.29) is 5.56 Å². The standard InChI is InChI=1S/C17H19BrN4O/c1-11-4-2-3-5-12(11)8-21-9-13-6-14(10-21)22(13)15-7-19-20-17(23)16(15)18/h2-5,7,13-14H,6,8-10H2,1H3,(H,20,23). The van der Waals surface area contributed by atoms with Gasteiger partial charge < -0.3 is 4.90 Å². The molecule has 1 aromatic carbocycles. The van der Waals surface area contributed by atoms with Crippen molar-refractivity contribution >= 4 is 21.6 Å². The summed E-state index contributed by atoms with van der Waals surface area (Å²) in [7, 11) is 0. The highest BCUT2D eigenvalue weighted by molar-refractivity contribution is 9.10. The lowest BCUT2D eigenvalue weighted by Crippen LogP contribution is -2.69. The van der Waals surface area contributed by atoms with Crippen LogP contribution in [0.1, 0.15) is 17.5 Å². The summed E-state index contributed by atoms with van der Waals surface area (Å²) < 4.78 is 0.592. The second-order valence-corrected chi connectivity index (χ2v) is 7.26. The first-order chi connectivity index (χ1) is 11.1. The lowest BCUT2D eigenvalue weighted by molar-refractivity contribution is 0.108. The van der Waals surface area contributed by atoms with E-state index in [0.717, 1.165) is 25.3 Å². The summed E-state index contributed by atoms with van der Waals surface area (Å²) in [6.45, 7) is 5.24. The molecule has 2 aromatic rings. The number of nitrogens with one attached hydrogen (secondary N) is 1. The minimum Gasteiger partial charge on any atom is -0.360 e. The maximum atomic E-state index is 11.7. The van der Waals surface area contributed by atoms with Crippen LogP contribution in [0.25, 0.3) is 0 Å². The van der Waals surface area contributed by atoms with Crippen molar-refractivity contribution in [2.45, 2.75) is 32.0 Å². The predicted octanol–water partition coefficient (Wildman–Crippen LogP) is 2.30. The maximum absolute atomic E-state index is 11.7. The Morgan fingerprint density at radius 3 is 2.78 bits per heavy atom. The number of aromatic amines is 1. The topological polar surface area (TPSA) is 52.2 Å². The number of piperazine rings is 1. The molecule has 0 amide bonds. The summed E-state index contributed by atoms with van der Waals surface area (Å²) in [4.78, 5) is 16.6. The summed E-state index contributed by atoms with van der Waals surface area (Å²) in [5.74, 6) is 0. The number of aryl methyl sites for hydroxylation is 1. The molecule has 3 aliphatic heterocycles. The summed E-state index contributed by atoms with van der Waals surface area (Å²) in [6, 6.07) is 9.52. The Labute approximate surface area is 143 Å². The fourth-order valence-electron chi connectivity index (χ4n) is 3.80. The van der Waals surface area contributed by atoms with Crippen LogP contribution in [0.15, 0.2) is 39.7 Å². The predicted molar refractivity (Wildman–Crippen MR) is 93.7 cm³/mol. The van der Waals surface area contributed by atoms with Gasteiger partial charge in [-0.1, -0.05) is 24.3 Å². The zero-order valence-corrected chi connectivity index (χ0v) is 14.6. The first-order valence-corrected chi connectivity index (χ1v) is 8.71. The van der Waals surface area contributed by atoms with Gasteiger partial charge in [0.2, 0.25) is 0 Å². The fourth-order valence-corrected chi connectivity index (χ4v) is 4.20. The number of fused-ring (bicyclic) bond motifs is 2. The lowest BCUT2D eigenvalue weighted by atomic mass is 9.86. The number of anilines is 1. The lowest BCUT2D eigenvalue weighted by Gasteiger charge is -2.57. The normalized spacial score (nSPS) is 23.7. The summed E-state index contributed by atoms with van der Waals surface area (Å²) in [6.07, 6.45) is 2.95. The minimum absolute atomic E-state index is 0.163. The third-order valence-electron chi connectivity index (χ3n) is 4.98. The highest BCUT2D eigenvalue weighted by Crippen LogP contribution is 2.39. The van der Waals surface area contributed by atoms with Gasteiger partial charge in [0.05, 0.1) is 11.9 Å². The van der Waals surface area contributed by atoms with E-state index < -0.39 is 0 Å². The Balaban J connectivity index is 1.49. The third-order valence-corrected chi connectivity index (χ3v) is 5.75. The van der Waals surface area contributed by atoms with Crippen molar-refractivity contribution < 1.29 is 0 Å². The average molecular weight is 375 g/mol. The Hall–Kier alpha value is -1.66. The van der Waals surface area contributed by atoms with Crippen LogP contribution in [0.2, 0.25) is 0 Å². The molecule has 3 aliphatic rings. The van der Waals surface area contributed by atoms with Crippen LogP contribution < -0.4 is 10.5 Å². The van der Waals surface area contributed by atoms with Crippen LogP contribution in [-0.2, 0) is 6.54 Å². The number of piperidine rings is 1. The van der Waals surface area contributed by atoms with Crippen LogP contribution in [0, 0.1) is 6.92 Å². The zero-order chi connectivity index (χ0) is 16.0. The van der Waals surface area contributed by atoms with E-state index in [1.54, 1.807) is 6.20 Å². The molecule has 5 nitrogen and oxygen atoms in total. The van der Waals surface area contributed by atoms with E-state index in [1.165, 1.54) is 17.5 Å². The third kappa shape index (κ3) is 2.60. The SMILES string of the molecule is Cc1ccccc1CN1CC2CC(C1)N2c1cn[nH]c(=O)c1Br. The Morgan fingerprint density at radius 1 is 1.30 bits per heavy atom. The van der Waals surface area contributed by atoms with E-state index in [2.05, 4.69) is 67.1 Å². The first kappa shape index (κ1) is 14.9. The fraction of sp³-hybridized carbons (Fsp3) is 0.412. The van der Waals surface area contributed by atoms with Gasteiger partial charge in [-0.15, -0.1) is 0 Å². The first-order valence-electron chi connectivity index (χ1n) is 7.92. The number of benzene rings is 1. The van der Waals surface area contributed by atoms with Gasteiger partial charge in [0.1, 0.15) is 4.47 Å². The molecule has 1 N–H and O–H groups in total. The summed E-state index contributed by atoms with van der Waals surface area (Å²) in [5, 5.41) is 6.42. The van der Waals surface area contributed by atoms with Gasteiger partial charge in [-0.05, 0) is 40.4 Å². The van der Waals surface area contributed by atoms with Crippen LogP contribution in [0.5, 0.6) is 0 Å². The van der Waals surface area contributed by atoms with Crippen LogP contribution in [-0.4, -0.2) is 40.3 Å². The van der Waals surface area contributed by atoms with Gasteiger partial charge in [-0.3, -0.25) is 9.69 Å². The van der Waals surface area contributed by atoms with Crippen molar-refractivity contribution in [3.05, 3.63) is 56.4 Å². The smallest absolute Gasteiger partial charge is 0.280 e. The molecule has 0 spiro atoms. The molecular weight excluding hydrogens is 356 g/mol. The highest BCUT2D eigenvalue weighted by Gasteiger charge is 2.45. The van der Waals surface area contributed by atoms with Crippen molar-refractivity contribution in [2.75, 3.05) is 18.0 Å². The molecule has 2 atom stereocenters. The molecule has 120 valence electrons. The van der Waals surface area contributed by atoms with E-state index in [4.69, 9.17) is 0 Å². The second-order valence-electron chi connectivity index (χ2n) is 6.47. The number of halogens is 1. The van der Waals surface area contributed by atoms with Crippen molar-refractivity contribution in [1.82, 2.24) is 15.1 Å². The Bertz CT molecular complexity index is 778. The largest absolute Gasteiger partial charge is 0.360 e. The number of H-pyrrole nitrogens is 1. The molecule has 2 bridgehead atoms. The molecule has 5 rings (SSSR count). The molecule has 2 unspecified atom stereocenters. The molecule has 0 saturated carbocycles. The number of nitrogens with zero attached hydrogens (tertiary/aromatic N) is 3. The molecule has 3 fully saturated rings. The molecule has 0 radical (unpaired) electrons. The molecule has 0 aliphatic carbocycles. The van der Waals surface area contributed by atoms with E-state index in [0.29, 0.717) is 16.6 Å². The van der Waals surface area contributed by atoms with E-state index in [9.17, 15) is 4.79 Å². The summed E-state index contributed by atoms with van der Waals surface area (Å²) >= 11 is 3.40. The van der Waals surface area contributed by atoms with Crippen molar-refractivity contribution in [2.24, 2.45) is 0 Å². The Kier molecular flexibility index (Phi) is 3.73. The van der Waals surface area contributed by atoms with Gasteiger partial charge in [-0.25, -0.2) is 5.10 Å². The van der Waals surface area contributed by atoms with Gasteiger partial charge >= 0.3 is 0 Å². The number of hydrogen-bond acceptors (Lipinski definition) is 4. The van der Waals surface area contributed by atoms with Crippen LogP contribution in [0.4, 0.5) is 5.69 Å². The minimum atomic E-state index is -0.163. The average Bonchev–Trinajstić information content (AvgIpc) is 2.54. The quantitative estimate of drug-likeness (QED) is 0.895. The number of aromatic nitrogens is 2. The molecule has 23 heavy (non-hydrogen) atoms. The van der Waals surface area contributed by atoms with Gasteiger partial charge in [0.15, 0.2) is 0 Å². The van der Waals surface area contributed by atoms with Gasteiger partial charge in [0.25, 0.3) is 5.56 Å². The summed E-state index contributed by atoms with van der Waals surface area (Å²) in [5.41, 5.74) is 3.51. The van der Waals surface area contributed by atoms with E-state index >= 15 is 0 Å². The van der Waals surface area contributed by atoms with Crippen LogP contribution in [0.3, 0.4) is 0 Å². The molecule has 6 heteroatoms. The van der Waals surface area contributed by atoms with Gasteiger partial charge in [0, 0.05) is 31.7 Å². The number of hydrogen-bond donors (Lipinski definition) is 1. The molecular formula is C17H19BrN4O. The van der Waals surface area contributed by atoms with Crippen molar-refractivity contribution in [3.63, 3.8) is 0 Å². The molecule has 3 saturated heterocycles. The second kappa shape index (κ2) is 5.76. The van der Waals surface area contributed by atoms with Crippen LogP contribution >= 0.6 is 15.9 Å². The monoisotopic (exact) mass is 374 g/mol. The zero-order valence-electron chi connectivity index (χ0n) is 13.0. The molecule has 1 aromatic heterocycles. The highest BCUT2D eigenvalue weighted by atomic mass is 79.9.